The van der Waals surface area contributed by atoms with Crippen molar-refractivity contribution in [2.24, 2.45) is 0 Å². The maximum Gasteiger partial charge on any atom is 3.00 e. The van der Waals surface area contributed by atoms with Gasteiger partial charge in [0.15, 0.2) is 11.7 Å². The van der Waals surface area contributed by atoms with Gasteiger partial charge in [-0.2, -0.15) is 35.4 Å². The van der Waals surface area contributed by atoms with E-state index in [9.17, 15) is 24.3 Å². The number of benzene rings is 1. The molecule has 1 aliphatic heterocycles. The van der Waals surface area contributed by atoms with Crippen LogP contribution in [0.15, 0.2) is 101 Å². The van der Waals surface area contributed by atoms with Gasteiger partial charge in [0, 0.05) is 31.7 Å². The molecule has 1 radical (unpaired) electrons. The number of anilines is 1. The molecule has 1 aliphatic rings. The van der Waals surface area contributed by atoms with Crippen molar-refractivity contribution in [3.63, 3.8) is 0 Å². The first kappa shape index (κ1) is 34.7. The Morgan fingerprint density at radius 2 is 1.82 bits per heavy atom. The van der Waals surface area contributed by atoms with E-state index in [1.54, 1.807) is 37.3 Å². The topological polar surface area (TPSA) is 144 Å². The predicted octanol–water partition coefficient (Wildman–Crippen LogP) is 2.60. The van der Waals surface area contributed by atoms with E-state index >= 15 is 0 Å². The molecular formula is C33H33FeN4O7. The average molecular weight is 653 g/mol. The Bertz CT molecular complexity index is 1510. The first-order valence-electron chi connectivity index (χ1n) is 14.0. The molecule has 12 heteroatoms. The Kier molecular flexibility index (Phi) is 13.5. The molecule has 1 aromatic heterocycles. The van der Waals surface area contributed by atoms with Gasteiger partial charge in [0.05, 0.1) is 12.7 Å². The molecule has 2 N–H and O–H groups in total. The van der Waals surface area contributed by atoms with Gasteiger partial charge >= 0.3 is 23.0 Å². The van der Waals surface area contributed by atoms with Crippen molar-refractivity contribution in [2.45, 2.75) is 13.1 Å². The molecule has 0 aliphatic carbocycles. The van der Waals surface area contributed by atoms with Crippen LogP contribution in [0.5, 0.6) is 0 Å². The summed E-state index contributed by atoms with van der Waals surface area (Å²) < 4.78 is 5.31. The Balaban J connectivity index is 0.000000837. The molecule has 0 spiro atoms. The fourth-order valence-corrected chi connectivity index (χ4v) is 4.39. The number of hydrogen-bond donors (Lipinski definition) is 2. The number of aryl methyl sites for hydroxylation is 1. The summed E-state index contributed by atoms with van der Waals surface area (Å²) >= 11 is 0. The van der Waals surface area contributed by atoms with E-state index in [4.69, 9.17) is 9.25 Å². The van der Waals surface area contributed by atoms with Gasteiger partial charge in [-0.05, 0) is 42.8 Å². The summed E-state index contributed by atoms with van der Waals surface area (Å²) in [5.41, 5.74) is 1.75. The number of carbonyl (C=O) groups is 4. The van der Waals surface area contributed by atoms with Crippen molar-refractivity contribution in [3.05, 3.63) is 120 Å². The summed E-state index contributed by atoms with van der Waals surface area (Å²) in [5.74, 6) is -3.87. The molecule has 11 nitrogen and oxygen atoms in total. The number of carboxylic acids is 1. The Labute approximate surface area is 271 Å². The van der Waals surface area contributed by atoms with Crippen LogP contribution in [0.2, 0.25) is 0 Å². The van der Waals surface area contributed by atoms with Crippen LogP contribution in [0, 0.1) is 6.92 Å². The number of rotatable bonds is 9. The Morgan fingerprint density at radius 1 is 1.11 bits per heavy atom. The maximum absolute atomic E-state index is 13.2. The molecule has 45 heavy (non-hydrogen) atoms. The smallest absolute Gasteiger partial charge is 0.539 e. The number of amides is 1. The van der Waals surface area contributed by atoms with E-state index in [2.05, 4.69) is 15.5 Å². The minimum absolute atomic E-state index is 0. The molecule has 4 aromatic rings. The number of ketones is 1. The molecule has 1 unspecified atom stereocenters. The van der Waals surface area contributed by atoms with E-state index in [-0.39, 0.29) is 46.9 Å². The Morgan fingerprint density at radius 3 is 2.42 bits per heavy atom. The number of aliphatic carboxylic acids is 1. The third-order valence-corrected chi connectivity index (χ3v) is 6.65. The van der Waals surface area contributed by atoms with Crippen LogP contribution in [0.1, 0.15) is 32.2 Å². The summed E-state index contributed by atoms with van der Waals surface area (Å²) in [4.78, 5) is 55.1. The molecule has 1 atom stereocenters. The number of nitrogens with zero attached hydrogens (tertiary/aromatic N) is 2. The molecule has 0 saturated carbocycles. The van der Waals surface area contributed by atoms with Crippen LogP contribution in [-0.2, 0) is 31.5 Å². The van der Waals surface area contributed by atoms with Crippen molar-refractivity contribution >= 4 is 35.4 Å². The number of nitrogens with one attached hydrogen (secondary N) is 2. The second-order valence-electron chi connectivity index (χ2n) is 9.84. The molecule has 235 valence electrons. The standard InChI is InChI=1S/C28H29N4O7.C5H5.Fe/c1-19-6-13-24(38-19)23(33)12-9-20-7-10-21(11-8-20)26(34)32(39-28(37)27(35)36)17-16-31-15-14-29-18-25(31)30-22-4-2-3-5-22;1-2-4-5-3-1;/h2-13,25,29-30H,14-18H2,1H3,(H,35,36);1-5H;/q2*-1;+3/p-1/b12-9+;;. The molecule has 2 heterocycles. The normalized spacial score (nSPS) is 14.5. The van der Waals surface area contributed by atoms with E-state index < -0.39 is 17.8 Å². The molecule has 3 aromatic carbocycles. The summed E-state index contributed by atoms with van der Waals surface area (Å²) in [6.45, 7) is 4.01. The van der Waals surface area contributed by atoms with E-state index in [0.717, 1.165) is 17.3 Å². The SMILES string of the molecule is Cc1ccc(C(=O)/C=C/c2ccc(C(=O)N(CCN3CCNCC3N[c-]3cccc3)OC(=O)C(=O)[O-])cc2)o1.[Fe+3].c1cc[cH-]c1. The summed E-state index contributed by atoms with van der Waals surface area (Å²) in [6.07, 6.45) is 2.84. The quantitative estimate of drug-likeness (QED) is 0.0691. The molecule has 5 rings (SSSR count). The third-order valence-electron chi connectivity index (χ3n) is 6.65. The predicted molar refractivity (Wildman–Crippen MR) is 161 cm³/mol. The minimum Gasteiger partial charge on any atom is -0.539 e. The number of carbonyl (C=O) groups excluding carboxylic acids is 4. The largest absolute Gasteiger partial charge is 3.00 e. The summed E-state index contributed by atoms with van der Waals surface area (Å²) in [7, 11) is 0. The van der Waals surface area contributed by atoms with Gasteiger partial charge < -0.3 is 29.8 Å². The first-order chi connectivity index (χ1) is 21.3. The number of carboxylic acid groups (broad SMARTS) is 1. The minimum atomic E-state index is -2.05. The molecule has 1 fully saturated rings. The van der Waals surface area contributed by atoms with Crippen molar-refractivity contribution < 1.29 is 50.6 Å². The third kappa shape index (κ3) is 10.7. The molecular weight excluding hydrogens is 620 g/mol. The van der Waals surface area contributed by atoms with Crippen molar-refractivity contribution in [1.82, 2.24) is 15.3 Å². The van der Waals surface area contributed by atoms with Crippen LogP contribution in [0.3, 0.4) is 0 Å². The fraction of sp³-hybridized carbons (Fsp3) is 0.212. The van der Waals surface area contributed by atoms with E-state index in [0.29, 0.717) is 31.0 Å². The van der Waals surface area contributed by atoms with Gasteiger partial charge in [0.25, 0.3) is 5.91 Å². The van der Waals surface area contributed by atoms with E-state index in [1.165, 1.54) is 18.2 Å². The van der Waals surface area contributed by atoms with Crippen molar-refractivity contribution in [1.29, 1.82) is 0 Å². The van der Waals surface area contributed by atoms with Gasteiger partial charge in [-0.25, -0.2) is 29.1 Å². The number of furan rings is 1. The van der Waals surface area contributed by atoms with Crippen LogP contribution in [0.25, 0.3) is 6.08 Å². The second kappa shape index (κ2) is 17.5. The monoisotopic (exact) mass is 653 g/mol. The van der Waals surface area contributed by atoms with Gasteiger partial charge in [-0.3, -0.25) is 14.5 Å². The number of allylic oxidation sites excluding steroid dienone is 1. The number of piperazine rings is 1. The van der Waals surface area contributed by atoms with Gasteiger partial charge in [-0.1, -0.05) is 23.9 Å². The average Bonchev–Trinajstić information content (AvgIpc) is 3.84. The molecule has 1 amide bonds. The van der Waals surface area contributed by atoms with Crippen LogP contribution in [0.4, 0.5) is 5.69 Å². The van der Waals surface area contributed by atoms with Crippen LogP contribution in [-0.4, -0.2) is 72.5 Å². The zero-order valence-corrected chi connectivity index (χ0v) is 25.6. The summed E-state index contributed by atoms with van der Waals surface area (Å²) in [6, 6.07) is 27.2. The number of hydrogen-bond acceptors (Lipinski definition) is 10. The van der Waals surface area contributed by atoms with E-state index in [1.807, 2.05) is 54.6 Å². The van der Waals surface area contributed by atoms with Crippen LogP contribution < -0.4 is 15.7 Å². The fourth-order valence-electron chi connectivity index (χ4n) is 4.39. The van der Waals surface area contributed by atoms with Crippen molar-refractivity contribution in [3.8, 4) is 0 Å². The van der Waals surface area contributed by atoms with Gasteiger partial charge in [0.1, 0.15) is 5.76 Å². The molecule has 1 saturated heterocycles. The second-order valence-corrected chi connectivity index (χ2v) is 9.84. The zero-order chi connectivity index (χ0) is 31.3. The van der Waals surface area contributed by atoms with Gasteiger partial charge in [0.2, 0.25) is 5.78 Å². The van der Waals surface area contributed by atoms with Crippen LogP contribution >= 0.6 is 0 Å². The first-order valence-corrected chi connectivity index (χ1v) is 14.0. The maximum atomic E-state index is 13.2. The van der Waals surface area contributed by atoms with Gasteiger partial charge in [-0.15, -0.1) is 0 Å². The zero-order valence-electron chi connectivity index (χ0n) is 24.5. The Hall–Kier alpha value is -4.74. The molecule has 0 bridgehead atoms. The summed E-state index contributed by atoms with van der Waals surface area (Å²) in [5, 5.41) is 18.4. The number of hydroxylamine groups is 2. The van der Waals surface area contributed by atoms with Crippen molar-refractivity contribution in [2.75, 3.05) is 38.0 Å².